The predicted molar refractivity (Wildman–Crippen MR) is 95.2 cm³/mol. The summed E-state index contributed by atoms with van der Waals surface area (Å²) in [6.07, 6.45) is 1.11. The maximum absolute atomic E-state index is 11.7. The summed E-state index contributed by atoms with van der Waals surface area (Å²) < 4.78 is 5.23. The Hall–Kier alpha value is -2.62. The van der Waals surface area contributed by atoms with Gasteiger partial charge < -0.3 is 10.1 Å². The second-order valence-corrected chi connectivity index (χ2v) is 6.58. The molecule has 0 aliphatic rings. The third kappa shape index (κ3) is 5.23. The van der Waals surface area contributed by atoms with E-state index in [1.807, 2.05) is 63.2 Å². The van der Waals surface area contributed by atoms with Crippen molar-refractivity contribution in [1.82, 2.24) is 5.32 Å². The van der Waals surface area contributed by atoms with Crippen molar-refractivity contribution in [2.75, 3.05) is 6.54 Å². The number of nitrogens with one attached hydrogen (secondary N) is 1. The van der Waals surface area contributed by atoms with E-state index >= 15 is 0 Å². The highest BCUT2D eigenvalue weighted by molar-refractivity contribution is 5.79. The topological polar surface area (TPSA) is 55.4 Å². The van der Waals surface area contributed by atoms with Gasteiger partial charge in [-0.15, -0.1) is 0 Å². The van der Waals surface area contributed by atoms with Crippen LogP contribution in [-0.4, -0.2) is 24.5 Å². The number of hydrogen-bond acceptors (Lipinski definition) is 3. The number of ether oxygens (including phenoxy) is 1. The monoisotopic (exact) mass is 325 g/mol. The first-order chi connectivity index (χ1) is 11.4. The van der Waals surface area contributed by atoms with Crippen LogP contribution in [0.3, 0.4) is 0 Å². The van der Waals surface area contributed by atoms with E-state index in [2.05, 4.69) is 5.32 Å². The number of rotatable bonds is 5. The third-order valence-corrected chi connectivity index (χ3v) is 3.41. The van der Waals surface area contributed by atoms with E-state index in [-0.39, 0.29) is 0 Å². The van der Waals surface area contributed by atoms with Crippen molar-refractivity contribution in [3.8, 4) is 11.1 Å². The smallest absolute Gasteiger partial charge is 0.407 e. The van der Waals surface area contributed by atoms with Crippen molar-refractivity contribution in [2.45, 2.75) is 32.8 Å². The molecule has 0 aliphatic heterocycles. The molecule has 0 heterocycles. The highest BCUT2D eigenvalue weighted by atomic mass is 16.6. The molecule has 0 radical (unpaired) electrons. The summed E-state index contributed by atoms with van der Waals surface area (Å²) >= 11 is 0. The Bertz CT molecular complexity index is 717. The lowest BCUT2D eigenvalue weighted by molar-refractivity contribution is 0.0528. The van der Waals surface area contributed by atoms with Gasteiger partial charge in [-0.05, 0) is 49.9 Å². The van der Waals surface area contributed by atoms with Gasteiger partial charge in [-0.3, -0.25) is 4.79 Å². The van der Waals surface area contributed by atoms with E-state index in [0.29, 0.717) is 18.5 Å². The first-order valence-electron chi connectivity index (χ1n) is 7.99. The zero-order chi connectivity index (χ0) is 17.6. The largest absolute Gasteiger partial charge is 0.444 e. The molecule has 126 valence electrons. The normalized spacial score (nSPS) is 11.0. The minimum atomic E-state index is -0.503. The minimum absolute atomic E-state index is 0.414. The van der Waals surface area contributed by atoms with E-state index in [0.717, 1.165) is 23.0 Å². The molecule has 0 bridgehead atoms. The molecule has 0 unspecified atom stereocenters. The summed E-state index contributed by atoms with van der Waals surface area (Å²) in [6.45, 7) is 5.99. The van der Waals surface area contributed by atoms with Gasteiger partial charge in [-0.1, -0.05) is 42.5 Å². The van der Waals surface area contributed by atoms with Gasteiger partial charge in [0.25, 0.3) is 0 Å². The quantitative estimate of drug-likeness (QED) is 0.837. The number of alkyl carbamates (subject to hydrolysis) is 1. The molecular weight excluding hydrogens is 302 g/mol. The van der Waals surface area contributed by atoms with E-state index in [4.69, 9.17) is 4.74 Å². The number of hydrogen-bond donors (Lipinski definition) is 1. The Kier molecular flexibility index (Phi) is 5.74. The molecule has 2 aromatic rings. The van der Waals surface area contributed by atoms with Crippen molar-refractivity contribution >= 4 is 12.4 Å². The van der Waals surface area contributed by atoms with Gasteiger partial charge in [-0.25, -0.2) is 4.79 Å². The molecule has 0 aliphatic carbocycles. The lowest BCUT2D eigenvalue weighted by Crippen LogP contribution is -2.33. The lowest BCUT2D eigenvalue weighted by Gasteiger charge is -2.19. The number of benzene rings is 2. The Balaban J connectivity index is 2.06. The van der Waals surface area contributed by atoms with Crippen LogP contribution in [0.1, 0.15) is 36.7 Å². The van der Waals surface area contributed by atoms with Crippen LogP contribution in [-0.2, 0) is 11.2 Å². The standard InChI is InChI=1S/C20H23NO3/c1-20(2,3)24-19(23)21-12-11-16-8-4-5-10-18(16)17-9-6-7-15(13-17)14-22/h4-10,13-14H,11-12H2,1-3H3,(H,21,23). The molecule has 0 fully saturated rings. The fraction of sp³-hybridized carbons (Fsp3) is 0.300. The molecule has 1 amide bonds. The van der Waals surface area contributed by atoms with E-state index < -0.39 is 11.7 Å². The van der Waals surface area contributed by atoms with Crippen LogP contribution >= 0.6 is 0 Å². The maximum atomic E-state index is 11.7. The molecule has 4 heteroatoms. The number of amides is 1. The van der Waals surface area contributed by atoms with Crippen LogP contribution in [0.5, 0.6) is 0 Å². The molecule has 1 N–H and O–H groups in total. The van der Waals surface area contributed by atoms with Gasteiger partial charge >= 0.3 is 6.09 Å². The Morgan fingerprint density at radius 3 is 2.58 bits per heavy atom. The first kappa shape index (κ1) is 17.7. The molecule has 0 saturated carbocycles. The summed E-state index contributed by atoms with van der Waals surface area (Å²) in [5, 5.41) is 2.77. The highest BCUT2D eigenvalue weighted by Gasteiger charge is 2.15. The Labute approximate surface area is 142 Å². The summed E-state index contributed by atoms with van der Waals surface area (Å²) in [6, 6.07) is 15.5. The van der Waals surface area contributed by atoms with Crippen molar-refractivity contribution in [1.29, 1.82) is 0 Å². The van der Waals surface area contributed by atoms with Crippen molar-refractivity contribution in [3.63, 3.8) is 0 Å². The van der Waals surface area contributed by atoms with Gasteiger partial charge in [-0.2, -0.15) is 0 Å². The molecule has 24 heavy (non-hydrogen) atoms. The second kappa shape index (κ2) is 7.77. The van der Waals surface area contributed by atoms with Crippen molar-refractivity contribution in [3.05, 3.63) is 59.7 Å². The van der Waals surface area contributed by atoms with Crippen LogP contribution in [0, 0.1) is 0 Å². The van der Waals surface area contributed by atoms with Gasteiger partial charge in [0.2, 0.25) is 0 Å². The molecule has 0 aromatic heterocycles. The average Bonchev–Trinajstić information content (AvgIpc) is 2.53. The van der Waals surface area contributed by atoms with Gasteiger partial charge in [0.15, 0.2) is 0 Å². The molecule has 0 spiro atoms. The highest BCUT2D eigenvalue weighted by Crippen LogP contribution is 2.24. The second-order valence-electron chi connectivity index (χ2n) is 6.58. The minimum Gasteiger partial charge on any atom is -0.444 e. The Morgan fingerprint density at radius 2 is 1.88 bits per heavy atom. The predicted octanol–water partition coefficient (Wildman–Crippen LogP) is 4.23. The van der Waals surface area contributed by atoms with E-state index in [1.165, 1.54) is 0 Å². The van der Waals surface area contributed by atoms with E-state index in [1.54, 1.807) is 6.07 Å². The molecule has 2 aromatic carbocycles. The van der Waals surface area contributed by atoms with Crippen LogP contribution in [0.15, 0.2) is 48.5 Å². The zero-order valence-electron chi connectivity index (χ0n) is 14.3. The summed E-state index contributed by atoms with van der Waals surface area (Å²) in [7, 11) is 0. The van der Waals surface area contributed by atoms with Crippen LogP contribution in [0.4, 0.5) is 4.79 Å². The van der Waals surface area contributed by atoms with Gasteiger partial charge in [0, 0.05) is 12.1 Å². The van der Waals surface area contributed by atoms with Gasteiger partial charge in [0.05, 0.1) is 0 Å². The SMILES string of the molecule is CC(C)(C)OC(=O)NCCc1ccccc1-c1cccc(C=O)c1. The van der Waals surface area contributed by atoms with Gasteiger partial charge in [0.1, 0.15) is 11.9 Å². The molecule has 0 atom stereocenters. The third-order valence-electron chi connectivity index (χ3n) is 3.41. The average molecular weight is 325 g/mol. The number of aldehydes is 1. The fourth-order valence-corrected chi connectivity index (χ4v) is 2.41. The zero-order valence-corrected chi connectivity index (χ0v) is 14.3. The molecule has 0 saturated heterocycles. The number of carbonyl (C=O) groups is 2. The van der Waals surface area contributed by atoms with Crippen molar-refractivity contribution < 1.29 is 14.3 Å². The van der Waals surface area contributed by atoms with Crippen LogP contribution in [0.25, 0.3) is 11.1 Å². The van der Waals surface area contributed by atoms with Crippen LogP contribution in [0.2, 0.25) is 0 Å². The summed E-state index contributed by atoms with van der Waals surface area (Å²) in [4.78, 5) is 22.7. The lowest BCUT2D eigenvalue weighted by atomic mass is 9.96. The Morgan fingerprint density at radius 1 is 1.12 bits per heavy atom. The van der Waals surface area contributed by atoms with Crippen molar-refractivity contribution in [2.24, 2.45) is 0 Å². The summed E-state index contributed by atoms with van der Waals surface area (Å²) in [5.74, 6) is 0. The van der Waals surface area contributed by atoms with E-state index in [9.17, 15) is 9.59 Å². The summed E-state index contributed by atoms with van der Waals surface area (Å²) in [5.41, 5.74) is 3.31. The molecule has 2 rings (SSSR count). The molecule has 4 nitrogen and oxygen atoms in total. The molecular formula is C20H23NO3. The first-order valence-corrected chi connectivity index (χ1v) is 7.99. The maximum Gasteiger partial charge on any atom is 0.407 e. The van der Waals surface area contributed by atoms with Crippen LogP contribution < -0.4 is 5.32 Å². The number of carbonyl (C=O) groups excluding carboxylic acids is 2. The fourth-order valence-electron chi connectivity index (χ4n) is 2.41.